The van der Waals surface area contributed by atoms with Crippen LogP contribution in [0.25, 0.3) is 5.69 Å². The molecular formula is C16H21N3O. The standard InChI is InChI=1S/C16H21N3O/c1-13(2)8-9-17-16(20)10-14-11-18-19(12-14)15-6-4-3-5-7-15/h3-7,11-13H,8-10H2,1-2H3,(H,17,20). The van der Waals surface area contributed by atoms with E-state index in [1.165, 1.54) is 0 Å². The molecule has 4 nitrogen and oxygen atoms in total. The van der Waals surface area contributed by atoms with Gasteiger partial charge in [-0.2, -0.15) is 5.10 Å². The third-order valence-corrected chi connectivity index (χ3v) is 3.07. The molecule has 0 spiro atoms. The number of benzene rings is 1. The average molecular weight is 271 g/mol. The summed E-state index contributed by atoms with van der Waals surface area (Å²) in [6.45, 7) is 5.04. The Morgan fingerprint density at radius 1 is 1.30 bits per heavy atom. The Hall–Kier alpha value is -2.10. The van der Waals surface area contributed by atoms with Gasteiger partial charge < -0.3 is 5.32 Å². The van der Waals surface area contributed by atoms with Crippen LogP contribution in [0.4, 0.5) is 0 Å². The lowest BCUT2D eigenvalue weighted by molar-refractivity contribution is -0.120. The van der Waals surface area contributed by atoms with Crippen LogP contribution in [-0.4, -0.2) is 22.2 Å². The molecule has 0 saturated carbocycles. The van der Waals surface area contributed by atoms with E-state index in [1.807, 2.05) is 36.5 Å². The van der Waals surface area contributed by atoms with Gasteiger partial charge >= 0.3 is 0 Å². The van der Waals surface area contributed by atoms with Crippen molar-refractivity contribution >= 4 is 5.91 Å². The Morgan fingerprint density at radius 2 is 2.05 bits per heavy atom. The lowest BCUT2D eigenvalue weighted by atomic mass is 10.1. The molecular weight excluding hydrogens is 250 g/mol. The van der Waals surface area contributed by atoms with Gasteiger partial charge in [0.2, 0.25) is 5.91 Å². The predicted molar refractivity (Wildman–Crippen MR) is 79.7 cm³/mol. The smallest absolute Gasteiger partial charge is 0.224 e. The number of carbonyl (C=O) groups excluding carboxylic acids is 1. The van der Waals surface area contributed by atoms with Gasteiger partial charge in [0, 0.05) is 12.7 Å². The van der Waals surface area contributed by atoms with Gasteiger partial charge in [0.05, 0.1) is 18.3 Å². The molecule has 1 aromatic carbocycles. The Bertz CT molecular complexity index is 546. The Kier molecular flexibility index (Phi) is 4.93. The Labute approximate surface area is 119 Å². The van der Waals surface area contributed by atoms with Crippen LogP contribution in [0.15, 0.2) is 42.7 Å². The van der Waals surface area contributed by atoms with Crippen molar-refractivity contribution in [2.75, 3.05) is 6.54 Å². The van der Waals surface area contributed by atoms with Crippen molar-refractivity contribution in [1.82, 2.24) is 15.1 Å². The van der Waals surface area contributed by atoms with Crippen molar-refractivity contribution in [3.8, 4) is 5.69 Å². The number of rotatable bonds is 6. The maximum Gasteiger partial charge on any atom is 0.224 e. The van der Waals surface area contributed by atoms with E-state index in [0.717, 1.165) is 24.2 Å². The minimum Gasteiger partial charge on any atom is -0.356 e. The number of nitrogens with zero attached hydrogens (tertiary/aromatic N) is 2. The molecule has 1 N–H and O–H groups in total. The van der Waals surface area contributed by atoms with Crippen LogP contribution in [-0.2, 0) is 11.2 Å². The monoisotopic (exact) mass is 271 g/mol. The van der Waals surface area contributed by atoms with Gasteiger partial charge in [-0.05, 0) is 30.0 Å². The van der Waals surface area contributed by atoms with Gasteiger partial charge in [-0.15, -0.1) is 0 Å². The number of amides is 1. The maximum atomic E-state index is 11.8. The van der Waals surface area contributed by atoms with Gasteiger partial charge in [-0.1, -0.05) is 32.0 Å². The van der Waals surface area contributed by atoms with Gasteiger partial charge in [-0.25, -0.2) is 4.68 Å². The molecule has 0 aliphatic heterocycles. The highest BCUT2D eigenvalue weighted by Crippen LogP contribution is 2.08. The third kappa shape index (κ3) is 4.23. The number of carbonyl (C=O) groups is 1. The van der Waals surface area contributed by atoms with Crippen LogP contribution in [0.3, 0.4) is 0 Å². The van der Waals surface area contributed by atoms with Crippen LogP contribution in [0.5, 0.6) is 0 Å². The first-order valence-corrected chi connectivity index (χ1v) is 7.01. The number of para-hydroxylation sites is 1. The van der Waals surface area contributed by atoms with Gasteiger partial charge in [0.15, 0.2) is 0 Å². The van der Waals surface area contributed by atoms with Crippen molar-refractivity contribution < 1.29 is 4.79 Å². The van der Waals surface area contributed by atoms with Crippen molar-refractivity contribution in [2.24, 2.45) is 5.92 Å². The Morgan fingerprint density at radius 3 is 2.75 bits per heavy atom. The van der Waals surface area contributed by atoms with Crippen LogP contribution in [0, 0.1) is 5.92 Å². The number of hydrogen-bond donors (Lipinski definition) is 1. The van der Waals surface area contributed by atoms with Crippen LogP contribution < -0.4 is 5.32 Å². The first-order valence-electron chi connectivity index (χ1n) is 7.01. The van der Waals surface area contributed by atoms with Crippen molar-refractivity contribution in [3.63, 3.8) is 0 Å². The first-order chi connectivity index (χ1) is 9.65. The molecule has 1 amide bonds. The summed E-state index contributed by atoms with van der Waals surface area (Å²) in [6.07, 6.45) is 5.03. The fraction of sp³-hybridized carbons (Fsp3) is 0.375. The highest BCUT2D eigenvalue weighted by Gasteiger charge is 2.06. The van der Waals surface area contributed by atoms with E-state index in [9.17, 15) is 4.79 Å². The number of hydrogen-bond acceptors (Lipinski definition) is 2. The third-order valence-electron chi connectivity index (χ3n) is 3.07. The quantitative estimate of drug-likeness (QED) is 0.877. The molecule has 2 rings (SSSR count). The molecule has 106 valence electrons. The van der Waals surface area contributed by atoms with Crippen LogP contribution >= 0.6 is 0 Å². The Balaban J connectivity index is 1.88. The summed E-state index contributed by atoms with van der Waals surface area (Å²) in [7, 11) is 0. The van der Waals surface area contributed by atoms with Crippen LogP contribution in [0.2, 0.25) is 0 Å². The topological polar surface area (TPSA) is 46.9 Å². The zero-order valence-electron chi connectivity index (χ0n) is 12.0. The van der Waals surface area contributed by atoms with E-state index in [-0.39, 0.29) is 5.91 Å². The maximum absolute atomic E-state index is 11.8. The second-order valence-corrected chi connectivity index (χ2v) is 5.34. The normalized spacial score (nSPS) is 10.8. The molecule has 1 aromatic heterocycles. The first kappa shape index (κ1) is 14.3. The molecule has 0 radical (unpaired) electrons. The summed E-state index contributed by atoms with van der Waals surface area (Å²) in [5.41, 5.74) is 1.93. The van der Waals surface area contributed by atoms with Crippen LogP contribution in [0.1, 0.15) is 25.8 Å². The molecule has 0 unspecified atom stereocenters. The fourth-order valence-electron chi connectivity index (χ4n) is 1.92. The second kappa shape index (κ2) is 6.89. The van der Waals surface area contributed by atoms with E-state index in [2.05, 4.69) is 24.3 Å². The lowest BCUT2D eigenvalue weighted by Crippen LogP contribution is -2.26. The minimum absolute atomic E-state index is 0.0539. The number of nitrogens with one attached hydrogen (secondary N) is 1. The van der Waals surface area contributed by atoms with E-state index >= 15 is 0 Å². The fourth-order valence-corrected chi connectivity index (χ4v) is 1.92. The molecule has 0 aliphatic carbocycles. The molecule has 0 saturated heterocycles. The summed E-state index contributed by atoms with van der Waals surface area (Å²) < 4.78 is 1.79. The summed E-state index contributed by atoms with van der Waals surface area (Å²) in [5, 5.41) is 7.22. The summed E-state index contributed by atoms with van der Waals surface area (Å²) in [4.78, 5) is 11.8. The molecule has 20 heavy (non-hydrogen) atoms. The second-order valence-electron chi connectivity index (χ2n) is 5.34. The zero-order valence-corrected chi connectivity index (χ0v) is 12.0. The summed E-state index contributed by atoms with van der Waals surface area (Å²) >= 11 is 0. The molecule has 1 heterocycles. The molecule has 0 aliphatic rings. The number of aromatic nitrogens is 2. The van der Waals surface area contributed by atoms with E-state index in [4.69, 9.17) is 0 Å². The van der Waals surface area contributed by atoms with Gasteiger partial charge in [0.1, 0.15) is 0 Å². The lowest BCUT2D eigenvalue weighted by Gasteiger charge is -2.06. The van der Waals surface area contributed by atoms with E-state index < -0.39 is 0 Å². The highest BCUT2D eigenvalue weighted by atomic mass is 16.1. The summed E-state index contributed by atoms with van der Waals surface area (Å²) in [6, 6.07) is 9.87. The molecule has 0 atom stereocenters. The van der Waals surface area contributed by atoms with E-state index in [1.54, 1.807) is 10.9 Å². The highest BCUT2D eigenvalue weighted by molar-refractivity contribution is 5.78. The summed E-state index contributed by atoms with van der Waals surface area (Å²) in [5.74, 6) is 0.661. The zero-order chi connectivity index (χ0) is 14.4. The predicted octanol–water partition coefficient (Wildman–Crippen LogP) is 2.58. The van der Waals surface area contributed by atoms with E-state index in [0.29, 0.717) is 12.3 Å². The largest absolute Gasteiger partial charge is 0.356 e. The minimum atomic E-state index is 0.0539. The molecule has 0 bridgehead atoms. The molecule has 0 fully saturated rings. The molecule has 2 aromatic rings. The molecule has 4 heteroatoms. The van der Waals surface area contributed by atoms with Crippen molar-refractivity contribution in [1.29, 1.82) is 0 Å². The SMILES string of the molecule is CC(C)CCNC(=O)Cc1cnn(-c2ccccc2)c1. The van der Waals surface area contributed by atoms with Gasteiger partial charge in [0.25, 0.3) is 0 Å². The van der Waals surface area contributed by atoms with Crippen molar-refractivity contribution in [2.45, 2.75) is 26.7 Å². The van der Waals surface area contributed by atoms with Gasteiger partial charge in [-0.3, -0.25) is 4.79 Å². The van der Waals surface area contributed by atoms with Crippen molar-refractivity contribution in [3.05, 3.63) is 48.3 Å². The average Bonchev–Trinajstić information content (AvgIpc) is 2.88.